The van der Waals surface area contributed by atoms with Gasteiger partial charge < -0.3 is 9.64 Å². The van der Waals surface area contributed by atoms with Crippen LogP contribution < -0.4 is 0 Å². The summed E-state index contributed by atoms with van der Waals surface area (Å²) in [5.41, 5.74) is 0. The minimum atomic E-state index is 0.0684. The van der Waals surface area contributed by atoms with Crippen molar-refractivity contribution in [3.63, 3.8) is 0 Å². The van der Waals surface area contributed by atoms with Crippen LogP contribution in [-0.4, -0.2) is 36.6 Å². The number of ether oxygens (including phenoxy) is 1. The normalized spacial score (nSPS) is 23.3. The molecule has 0 bridgehead atoms. The molecule has 2 fully saturated rings. The maximum absolute atomic E-state index is 12.5. The summed E-state index contributed by atoms with van der Waals surface area (Å²) in [6.07, 6.45) is 10.8. The molecule has 2 atom stereocenters. The minimum absolute atomic E-state index is 0.0684. The molecule has 3 nitrogen and oxygen atoms in total. The number of carbonyl (C=O) groups is 1. The van der Waals surface area contributed by atoms with Gasteiger partial charge in [0.05, 0.1) is 5.92 Å². The molecule has 2 unspecified atom stereocenters. The second kappa shape index (κ2) is 8.77. The van der Waals surface area contributed by atoms with Crippen LogP contribution in [0, 0.1) is 11.8 Å². The van der Waals surface area contributed by atoms with Gasteiger partial charge in [0.1, 0.15) is 6.10 Å². The van der Waals surface area contributed by atoms with Gasteiger partial charge >= 0.3 is 5.97 Å². The molecule has 2 rings (SSSR count). The molecule has 1 heterocycles. The van der Waals surface area contributed by atoms with Crippen molar-refractivity contribution in [2.75, 3.05) is 19.6 Å². The molecule has 21 heavy (non-hydrogen) atoms. The van der Waals surface area contributed by atoms with Crippen LogP contribution in [-0.2, 0) is 9.53 Å². The lowest BCUT2D eigenvalue weighted by molar-refractivity contribution is -0.156. The first-order valence-electron chi connectivity index (χ1n) is 9.13. The molecular weight excluding hydrogens is 262 g/mol. The van der Waals surface area contributed by atoms with Crippen molar-refractivity contribution in [2.24, 2.45) is 11.8 Å². The number of hydrogen-bond donors (Lipinski definition) is 0. The summed E-state index contributed by atoms with van der Waals surface area (Å²) >= 11 is 0. The molecule has 0 aromatic heterocycles. The Labute approximate surface area is 130 Å². The topological polar surface area (TPSA) is 29.5 Å². The standard InChI is InChI=1S/C18H33NO2/c1-3-8-17(16-9-4-5-10-16)18(20)21-15(2)11-14-19-12-6-7-13-19/h15-17H,3-14H2,1-2H3. The average molecular weight is 295 g/mol. The van der Waals surface area contributed by atoms with Crippen LogP contribution in [0.4, 0.5) is 0 Å². The third kappa shape index (κ3) is 5.28. The molecule has 1 saturated carbocycles. The number of carbonyl (C=O) groups excluding carboxylic acids is 1. The van der Waals surface area contributed by atoms with Crippen molar-refractivity contribution in [2.45, 2.75) is 77.7 Å². The highest BCUT2D eigenvalue weighted by Crippen LogP contribution is 2.34. The molecule has 0 aromatic carbocycles. The zero-order valence-corrected chi connectivity index (χ0v) is 14.0. The smallest absolute Gasteiger partial charge is 0.309 e. The summed E-state index contributed by atoms with van der Waals surface area (Å²) in [6.45, 7) is 7.76. The van der Waals surface area contributed by atoms with E-state index in [-0.39, 0.29) is 18.0 Å². The summed E-state index contributed by atoms with van der Waals surface area (Å²) < 4.78 is 5.77. The van der Waals surface area contributed by atoms with E-state index in [1.54, 1.807) is 0 Å². The average Bonchev–Trinajstić information content (AvgIpc) is 3.15. The van der Waals surface area contributed by atoms with E-state index in [0.29, 0.717) is 5.92 Å². The third-order valence-corrected chi connectivity index (χ3v) is 5.24. The Morgan fingerprint density at radius 1 is 1.14 bits per heavy atom. The zero-order chi connectivity index (χ0) is 15.1. The summed E-state index contributed by atoms with van der Waals surface area (Å²) in [5.74, 6) is 0.827. The van der Waals surface area contributed by atoms with Crippen LogP contribution >= 0.6 is 0 Å². The van der Waals surface area contributed by atoms with Crippen LogP contribution in [0.2, 0.25) is 0 Å². The fourth-order valence-corrected chi connectivity index (χ4v) is 3.93. The van der Waals surface area contributed by atoms with Crippen molar-refractivity contribution in [3.8, 4) is 0 Å². The fourth-order valence-electron chi connectivity index (χ4n) is 3.93. The number of nitrogens with zero attached hydrogens (tertiary/aromatic N) is 1. The van der Waals surface area contributed by atoms with Gasteiger partial charge in [0.15, 0.2) is 0 Å². The van der Waals surface area contributed by atoms with E-state index < -0.39 is 0 Å². The Morgan fingerprint density at radius 2 is 1.81 bits per heavy atom. The zero-order valence-electron chi connectivity index (χ0n) is 14.0. The van der Waals surface area contributed by atoms with Crippen LogP contribution in [0.3, 0.4) is 0 Å². The van der Waals surface area contributed by atoms with Crippen molar-refractivity contribution in [1.82, 2.24) is 4.90 Å². The third-order valence-electron chi connectivity index (χ3n) is 5.24. The molecule has 122 valence electrons. The predicted octanol–water partition coefficient (Wildman–Crippen LogP) is 4.01. The quantitative estimate of drug-likeness (QED) is 0.634. The number of rotatable bonds is 8. The molecule has 1 saturated heterocycles. The first-order valence-corrected chi connectivity index (χ1v) is 9.13. The van der Waals surface area contributed by atoms with Gasteiger partial charge in [-0.25, -0.2) is 0 Å². The first-order chi connectivity index (χ1) is 10.2. The van der Waals surface area contributed by atoms with Crippen LogP contribution in [0.1, 0.15) is 71.6 Å². The summed E-state index contributed by atoms with van der Waals surface area (Å²) in [7, 11) is 0. The van der Waals surface area contributed by atoms with Gasteiger partial charge in [-0.1, -0.05) is 26.2 Å². The van der Waals surface area contributed by atoms with E-state index in [4.69, 9.17) is 4.74 Å². The highest BCUT2D eigenvalue weighted by Gasteiger charge is 2.31. The first kappa shape index (κ1) is 16.8. The Bertz CT molecular complexity index is 306. The number of likely N-dealkylation sites (tertiary alicyclic amines) is 1. The second-order valence-corrected chi connectivity index (χ2v) is 7.02. The second-order valence-electron chi connectivity index (χ2n) is 7.02. The van der Waals surface area contributed by atoms with Gasteiger partial charge in [0, 0.05) is 6.54 Å². The van der Waals surface area contributed by atoms with E-state index in [1.165, 1.54) is 51.6 Å². The van der Waals surface area contributed by atoms with Crippen LogP contribution in [0.25, 0.3) is 0 Å². The Balaban J connectivity index is 1.74. The van der Waals surface area contributed by atoms with E-state index >= 15 is 0 Å². The molecule has 0 N–H and O–H groups in total. The van der Waals surface area contributed by atoms with Gasteiger partial charge in [-0.2, -0.15) is 0 Å². The highest BCUT2D eigenvalue weighted by atomic mass is 16.5. The maximum atomic E-state index is 12.5. The lowest BCUT2D eigenvalue weighted by Gasteiger charge is -2.24. The van der Waals surface area contributed by atoms with E-state index in [0.717, 1.165) is 25.8 Å². The highest BCUT2D eigenvalue weighted by molar-refractivity contribution is 5.73. The molecule has 0 amide bonds. The molecule has 3 heteroatoms. The summed E-state index contributed by atoms with van der Waals surface area (Å²) in [4.78, 5) is 15.0. The summed E-state index contributed by atoms with van der Waals surface area (Å²) in [6, 6.07) is 0. The molecular formula is C18H33NO2. The largest absolute Gasteiger partial charge is 0.462 e. The molecule has 0 radical (unpaired) electrons. The monoisotopic (exact) mass is 295 g/mol. The van der Waals surface area contributed by atoms with Gasteiger partial charge in [0.25, 0.3) is 0 Å². The lowest BCUT2D eigenvalue weighted by Crippen LogP contribution is -2.30. The van der Waals surface area contributed by atoms with Crippen LogP contribution in [0.5, 0.6) is 0 Å². The van der Waals surface area contributed by atoms with Crippen molar-refractivity contribution >= 4 is 5.97 Å². The summed E-state index contributed by atoms with van der Waals surface area (Å²) in [5, 5.41) is 0. The van der Waals surface area contributed by atoms with Crippen molar-refractivity contribution < 1.29 is 9.53 Å². The Hall–Kier alpha value is -0.570. The molecule has 1 aliphatic carbocycles. The van der Waals surface area contributed by atoms with E-state index in [2.05, 4.69) is 18.7 Å². The van der Waals surface area contributed by atoms with Crippen molar-refractivity contribution in [3.05, 3.63) is 0 Å². The van der Waals surface area contributed by atoms with Gasteiger partial charge in [-0.3, -0.25) is 4.79 Å². The van der Waals surface area contributed by atoms with Gasteiger partial charge in [-0.15, -0.1) is 0 Å². The van der Waals surface area contributed by atoms with Crippen LogP contribution in [0.15, 0.2) is 0 Å². The minimum Gasteiger partial charge on any atom is -0.462 e. The van der Waals surface area contributed by atoms with Crippen molar-refractivity contribution in [1.29, 1.82) is 0 Å². The number of esters is 1. The molecule has 2 aliphatic rings. The Kier molecular flexibility index (Phi) is 7.01. The van der Waals surface area contributed by atoms with Gasteiger partial charge in [0.2, 0.25) is 0 Å². The molecule has 0 spiro atoms. The predicted molar refractivity (Wildman–Crippen MR) is 86.2 cm³/mol. The maximum Gasteiger partial charge on any atom is 0.309 e. The molecule has 0 aromatic rings. The Morgan fingerprint density at radius 3 is 2.43 bits per heavy atom. The fraction of sp³-hybridized carbons (Fsp3) is 0.944. The number of hydrogen-bond acceptors (Lipinski definition) is 3. The van der Waals surface area contributed by atoms with E-state index in [1.807, 2.05) is 0 Å². The molecule has 1 aliphatic heterocycles. The van der Waals surface area contributed by atoms with E-state index in [9.17, 15) is 4.79 Å². The lowest BCUT2D eigenvalue weighted by atomic mass is 9.87. The van der Waals surface area contributed by atoms with Gasteiger partial charge in [-0.05, 0) is 64.5 Å². The SMILES string of the molecule is CCCC(C(=O)OC(C)CCN1CCCC1)C1CCCC1.